The molecule has 1 amide bonds. The fourth-order valence-electron chi connectivity index (χ4n) is 2.74. The standard InChI is InChI=1S/C23H15Cl3N2O2S/c24-16-8-7-15(19(26)12-16)13-30-17-9-5-14(6-10-17)11-21-22(29)28-23(31-21)27-20-4-2-1-3-18(20)25/h1-12H,13H2,(H,27,28,29). The van der Waals surface area contributed by atoms with Crippen molar-refractivity contribution in [2.75, 3.05) is 0 Å². The van der Waals surface area contributed by atoms with Crippen LogP contribution in [-0.4, -0.2) is 11.1 Å². The van der Waals surface area contributed by atoms with Crippen LogP contribution in [0.3, 0.4) is 0 Å². The molecule has 0 radical (unpaired) electrons. The Balaban J connectivity index is 1.42. The number of carbonyl (C=O) groups excluding carboxylic acids is 1. The molecule has 0 spiro atoms. The highest BCUT2D eigenvalue weighted by atomic mass is 35.5. The number of rotatable bonds is 5. The van der Waals surface area contributed by atoms with Gasteiger partial charge in [-0.25, -0.2) is 4.99 Å². The molecule has 0 saturated carbocycles. The Hall–Kier alpha value is -2.44. The van der Waals surface area contributed by atoms with Crippen LogP contribution in [0, 0.1) is 0 Å². The first-order chi connectivity index (χ1) is 15.0. The number of hydrogen-bond acceptors (Lipinski definition) is 4. The van der Waals surface area contributed by atoms with E-state index in [1.165, 1.54) is 11.8 Å². The van der Waals surface area contributed by atoms with Crippen molar-refractivity contribution in [2.24, 2.45) is 4.99 Å². The Bertz CT molecular complexity index is 1190. The third-order valence-corrected chi connectivity index (χ3v) is 6.13. The fourth-order valence-corrected chi connectivity index (χ4v) is 4.22. The van der Waals surface area contributed by atoms with Crippen molar-refractivity contribution in [1.29, 1.82) is 0 Å². The van der Waals surface area contributed by atoms with Crippen LogP contribution in [0.5, 0.6) is 5.75 Å². The number of aliphatic imine (C=N–C) groups is 1. The predicted molar refractivity (Wildman–Crippen MR) is 129 cm³/mol. The molecule has 0 unspecified atom stereocenters. The zero-order valence-corrected chi connectivity index (χ0v) is 19.0. The zero-order valence-electron chi connectivity index (χ0n) is 15.9. The number of para-hydroxylation sites is 1. The molecule has 3 aromatic carbocycles. The third-order valence-electron chi connectivity index (χ3n) is 4.31. The molecule has 0 atom stereocenters. The maximum Gasteiger partial charge on any atom is 0.264 e. The lowest BCUT2D eigenvalue weighted by Crippen LogP contribution is -2.19. The molecule has 1 aliphatic heterocycles. The van der Waals surface area contributed by atoms with Gasteiger partial charge in [0.05, 0.1) is 15.6 Å². The molecule has 1 N–H and O–H groups in total. The lowest BCUT2D eigenvalue weighted by molar-refractivity contribution is -0.115. The molecular formula is C23H15Cl3N2O2S. The first-order valence-electron chi connectivity index (χ1n) is 9.19. The second-order valence-corrected chi connectivity index (χ2v) is 8.81. The molecule has 1 heterocycles. The highest BCUT2D eigenvalue weighted by Gasteiger charge is 2.24. The van der Waals surface area contributed by atoms with Crippen LogP contribution in [0.25, 0.3) is 6.08 Å². The molecule has 0 bridgehead atoms. The lowest BCUT2D eigenvalue weighted by atomic mass is 10.2. The Labute approximate surface area is 198 Å². The van der Waals surface area contributed by atoms with Crippen molar-refractivity contribution in [3.63, 3.8) is 0 Å². The van der Waals surface area contributed by atoms with Crippen LogP contribution in [-0.2, 0) is 11.4 Å². The minimum atomic E-state index is -0.200. The van der Waals surface area contributed by atoms with Crippen LogP contribution in [0.1, 0.15) is 11.1 Å². The number of nitrogens with one attached hydrogen (secondary N) is 1. The first kappa shape index (κ1) is 21.8. The first-order valence-corrected chi connectivity index (χ1v) is 11.1. The summed E-state index contributed by atoms with van der Waals surface area (Å²) < 4.78 is 5.79. The molecule has 31 heavy (non-hydrogen) atoms. The monoisotopic (exact) mass is 488 g/mol. The highest BCUT2D eigenvalue weighted by Crippen LogP contribution is 2.31. The smallest absolute Gasteiger partial charge is 0.264 e. The van der Waals surface area contributed by atoms with E-state index in [1.54, 1.807) is 30.3 Å². The van der Waals surface area contributed by atoms with E-state index < -0.39 is 0 Å². The van der Waals surface area contributed by atoms with E-state index in [1.807, 2.05) is 42.5 Å². The van der Waals surface area contributed by atoms with Gasteiger partial charge in [-0.1, -0.05) is 65.1 Å². The Morgan fingerprint density at radius 3 is 2.48 bits per heavy atom. The van der Waals surface area contributed by atoms with Gasteiger partial charge < -0.3 is 10.1 Å². The second kappa shape index (κ2) is 9.79. The van der Waals surface area contributed by atoms with E-state index in [4.69, 9.17) is 39.5 Å². The third kappa shape index (κ3) is 5.63. The quantitative estimate of drug-likeness (QED) is 0.388. The average molecular weight is 490 g/mol. The predicted octanol–water partition coefficient (Wildman–Crippen LogP) is 7.12. The normalized spacial score (nSPS) is 16.0. The largest absolute Gasteiger partial charge is 0.489 e. The van der Waals surface area contributed by atoms with Crippen LogP contribution in [0.4, 0.5) is 5.69 Å². The summed E-state index contributed by atoms with van der Waals surface area (Å²) in [5, 5.41) is 4.92. The summed E-state index contributed by atoms with van der Waals surface area (Å²) in [6.07, 6.45) is 1.80. The Morgan fingerprint density at radius 1 is 0.968 bits per heavy atom. The summed E-state index contributed by atoms with van der Waals surface area (Å²) in [4.78, 5) is 17.2. The number of carbonyl (C=O) groups is 1. The lowest BCUT2D eigenvalue weighted by Gasteiger charge is -2.08. The van der Waals surface area contributed by atoms with E-state index in [2.05, 4.69) is 10.3 Å². The number of amides is 1. The van der Waals surface area contributed by atoms with Crippen LogP contribution >= 0.6 is 46.6 Å². The molecule has 1 saturated heterocycles. The van der Waals surface area contributed by atoms with Crippen molar-refractivity contribution in [3.05, 3.63) is 97.8 Å². The molecule has 1 fully saturated rings. The summed E-state index contributed by atoms with van der Waals surface area (Å²) in [6, 6.07) is 19.9. The number of amidine groups is 1. The highest BCUT2D eigenvalue weighted by molar-refractivity contribution is 8.18. The Kier molecular flexibility index (Phi) is 6.88. The van der Waals surface area contributed by atoms with Crippen LogP contribution in [0.2, 0.25) is 15.1 Å². The van der Waals surface area contributed by atoms with E-state index in [0.29, 0.717) is 43.2 Å². The summed E-state index contributed by atoms with van der Waals surface area (Å²) in [6.45, 7) is 0.330. The maximum atomic E-state index is 12.3. The van der Waals surface area contributed by atoms with Gasteiger partial charge in [0.1, 0.15) is 12.4 Å². The molecule has 4 nitrogen and oxygen atoms in total. The van der Waals surface area contributed by atoms with E-state index in [0.717, 1.165) is 11.1 Å². The molecular weight excluding hydrogens is 475 g/mol. The van der Waals surface area contributed by atoms with Crippen molar-refractivity contribution >= 4 is 69.4 Å². The molecule has 1 aliphatic rings. The summed E-state index contributed by atoms with van der Waals surface area (Å²) in [7, 11) is 0. The van der Waals surface area contributed by atoms with Gasteiger partial charge in [0.2, 0.25) is 0 Å². The number of nitrogens with zero attached hydrogens (tertiary/aromatic N) is 1. The molecule has 156 valence electrons. The molecule has 4 rings (SSSR count). The number of ether oxygens (including phenoxy) is 1. The van der Waals surface area contributed by atoms with Gasteiger partial charge in [-0.15, -0.1) is 0 Å². The maximum absolute atomic E-state index is 12.3. The SMILES string of the molecule is O=C1NC(=Nc2ccccc2Cl)SC1=Cc1ccc(OCc2ccc(Cl)cc2Cl)cc1. The molecule has 0 aliphatic carbocycles. The van der Waals surface area contributed by atoms with Crippen LogP contribution < -0.4 is 10.1 Å². The number of halogens is 3. The summed E-state index contributed by atoms with van der Waals surface area (Å²) in [5.41, 5.74) is 2.32. The van der Waals surface area contributed by atoms with Crippen LogP contribution in [0.15, 0.2) is 76.6 Å². The minimum Gasteiger partial charge on any atom is -0.489 e. The van der Waals surface area contributed by atoms with Gasteiger partial charge in [0.25, 0.3) is 5.91 Å². The van der Waals surface area contributed by atoms with Crippen molar-refractivity contribution in [3.8, 4) is 5.75 Å². The van der Waals surface area contributed by atoms with E-state index in [-0.39, 0.29) is 5.91 Å². The number of hydrogen-bond donors (Lipinski definition) is 1. The van der Waals surface area contributed by atoms with Crippen molar-refractivity contribution < 1.29 is 9.53 Å². The van der Waals surface area contributed by atoms with Gasteiger partial charge in [-0.05, 0) is 59.8 Å². The van der Waals surface area contributed by atoms with Gasteiger partial charge in [0.15, 0.2) is 5.17 Å². The van der Waals surface area contributed by atoms with Gasteiger partial charge in [-0.2, -0.15) is 0 Å². The average Bonchev–Trinajstić information content (AvgIpc) is 3.09. The van der Waals surface area contributed by atoms with Gasteiger partial charge >= 0.3 is 0 Å². The van der Waals surface area contributed by atoms with E-state index in [9.17, 15) is 4.79 Å². The molecule has 0 aromatic heterocycles. The zero-order chi connectivity index (χ0) is 21.8. The fraction of sp³-hybridized carbons (Fsp3) is 0.0435. The number of thioether (sulfide) groups is 1. The topological polar surface area (TPSA) is 50.7 Å². The molecule has 8 heteroatoms. The van der Waals surface area contributed by atoms with Crippen molar-refractivity contribution in [2.45, 2.75) is 6.61 Å². The summed E-state index contributed by atoms with van der Waals surface area (Å²) >= 11 is 19.5. The number of benzene rings is 3. The minimum absolute atomic E-state index is 0.200. The molecule has 3 aromatic rings. The van der Waals surface area contributed by atoms with Gasteiger partial charge in [-0.3, -0.25) is 4.79 Å². The van der Waals surface area contributed by atoms with Gasteiger partial charge in [0, 0.05) is 15.6 Å². The second-order valence-electron chi connectivity index (χ2n) is 6.53. The van der Waals surface area contributed by atoms with Crippen molar-refractivity contribution in [1.82, 2.24) is 5.32 Å². The summed E-state index contributed by atoms with van der Waals surface area (Å²) in [5.74, 6) is 0.492. The van der Waals surface area contributed by atoms with E-state index >= 15 is 0 Å². The Morgan fingerprint density at radius 2 is 1.74 bits per heavy atom.